The highest BCUT2D eigenvalue weighted by atomic mass is 32.2. The van der Waals surface area contributed by atoms with Gasteiger partial charge in [-0.15, -0.1) is 0 Å². The quantitative estimate of drug-likeness (QED) is 0.740. The van der Waals surface area contributed by atoms with E-state index in [1.165, 1.54) is 50.7 Å². The second-order valence-corrected chi connectivity index (χ2v) is 5.87. The molecule has 2 unspecified atom stereocenters. The molecule has 1 aliphatic heterocycles. The van der Waals surface area contributed by atoms with Gasteiger partial charge >= 0.3 is 0 Å². The first-order valence-electron chi connectivity index (χ1n) is 5.75. The molecule has 1 heterocycles. The Morgan fingerprint density at radius 3 is 2.31 bits per heavy atom. The first-order chi connectivity index (χ1) is 6.38. The van der Waals surface area contributed by atoms with Crippen LogP contribution in [0.3, 0.4) is 0 Å². The molecule has 0 aromatic heterocycles. The Hall–Kier alpha value is 0.310. The van der Waals surface area contributed by atoms with Gasteiger partial charge in [0.2, 0.25) is 0 Å². The Kier molecular flexibility index (Phi) is 3.56. The van der Waals surface area contributed by atoms with Crippen molar-refractivity contribution < 1.29 is 0 Å². The van der Waals surface area contributed by atoms with Crippen molar-refractivity contribution in [2.75, 3.05) is 5.75 Å². The highest BCUT2D eigenvalue weighted by molar-refractivity contribution is 8.00. The zero-order valence-electron chi connectivity index (χ0n) is 8.37. The molecule has 2 rings (SSSR count). The van der Waals surface area contributed by atoms with Gasteiger partial charge in [0.05, 0.1) is 0 Å². The summed E-state index contributed by atoms with van der Waals surface area (Å²) in [4.78, 5) is 0. The lowest BCUT2D eigenvalue weighted by molar-refractivity contribution is 0.402. The Morgan fingerprint density at radius 2 is 1.69 bits per heavy atom. The Balaban J connectivity index is 1.83. The lowest BCUT2D eigenvalue weighted by Crippen LogP contribution is -2.39. The number of nitrogens with two attached hydrogens (primary N) is 1. The third kappa shape index (κ3) is 2.41. The maximum Gasteiger partial charge on any atom is 0.0201 e. The van der Waals surface area contributed by atoms with Crippen molar-refractivity contribution in [1.82, 2.24) is 0 Å². The SMILES string of the molecule is NC(C1CCCC1)C1CCCCS1. The van der Waals surface area contributed by atoms with Gasteiger partial charge in [0.15, 0.2) is 0 Å². The first-order valence-corrected chi connectivity index (χ1v) is 6.80. The van der Waals surface area contributed by atoms with E-state index in [0.29, 0.717) is 6.04 Å². The van der Waals surface area contributed by atoms with Crippen LogP contribution >= 0.6 is 11.8 Å². The van der Waals surface area contributed by atoms with E-state index in [4.69, 9.17) is 5.73 Å². The zero-order chi connectivity index (χ0) is 9.10. The molecule has 2 atom stereocenters. The van der Waals surface area contributed by atoms with Crippen LogP contribution in [0.25, 0.3) is 0 Å². The summed E-state index contributed by atoms with van der Waals surface area (Å²) in [5, 5.41) is 0.789. The van der Waals surface area contributed by atoms with Gasteiger partial charge in [0.25, 0.3) is 0 Å². The molecule has 0 bridgehead atoms. The average molecular weight is 199 g/mol. The Bertz CT molecular complexity index is 148. The predicted molar refractivity (Wildman–Crippen MR) is 60.0 cm³/mol. The predicted octanol–water partition coefficient (Wildman–Crippen LogP) is 2.79. The monoisotopic (exact) mass is 199 g/mol. The van der Waals surface area contributed by atoms with E-state index >= 15 is 0 Å². The maximum absolute atomic E-state index is 6.33. The number of thioether (sulfide) groups is 1. The minimum atomic E-state index is 0.507. The molecule has 0 amide bonds. The number of hydrogen-bond donors (Lipinski definition) is 1. The van der Waals surface area contributed by atoms with E-state index in [2.05, 4.69) is 11.8 Å². The molecule has 2 heteroatoms. The third-order valence-corrected chi connectivity index (χ3v) is 5.09. The molecular formula is C11H21NS. The molecule has 2 N–H and O–H groups in total. The molecule has 1 saturated heterocycles. The van der Waals surface area contributed by atoms with Gasteiger partial charge in [-0.1, -0.05) is 19.3 Å². The molecule has 2 fully saturated rings. The molecule has 2 aliphatic rings. The summed E-state index contributed by atoms with van der Waals surface area (Å²) in [6.45, 7) is 0. The van der Waals surface area contributed by atoms with E-state index in [0.717, 1.165) is 11.2 Å². The fraction of sp³-hybridized carbons (Fsp3) is 1.00. The molecule has 76 valence electrons. The maximum atomic E-state index is 6.33. The lowest BCUT2D eigenvalue weighted by Gasteiger charge is -2.30. The van der Waals surface area contributed by atoms with Crippen molar-refractivity contribution in [2.45, 2.75) is 56.2 Å². The van der Waals surface area contributed by atoms with Crippen molar-refractivity contribution in [3.63, 3.8) is 0 Å². The summed E-state index contributed by atoms with van der Waals surface area (Å²) in [5.74, 6) is 2.21. The standard InChI is InChI=1S/C11H21NS/c12-11(9-5-1-2-6-9)10-7-3-4-8-13-10/h9-11H,1-8,12H2. The first kappa shape index (κ1) is 9.85. The zero-order valence-corrected chi connectivity index (χ0v) is 9.19. The Labute approximate surface area is 85.8 Å². The van der Waals surface area contributed by atoms with Gasteiger partial charge < -0.3 is 5.73 Å². The van der Waals surface area contributed by atoms with Crippen LogP contribution in [0.2, 0.25) is 0 Å². The molecule has 13 heavy (non-hydrogen) atoms. The van der Waals surface area contributed by atoms with Crippen LogP contribution in [0.15, 0.2) is 0 Å². The van der Waals surface area contributed by atoms with Crippen molar-refractivity contribution in [3.8, 4) is 0 Å². The Morgan fingerprint density at radius 1 is 1.00 bits per heavy atom. The highest BCUT2D eigenvalue weighted by Gasteiger charge is 2.29. The lowest BCUT2D eigenvalue weighted by atomic mass is 9.93. The molecule has 1 saturated carbocycles. The molecule has 0 spiro atoms. The van der Waals surface area contributed by atoms with Gasteiger partial charge in [-0.05, 0) is 37.4 Å². The molecule has 0 aromatic carbocycles. The number of rotatable bonds is 2. The van der Waals surface area contributed by atoms with Gasteiger partial charge in [-0.2, -0.15) is 11.8 Å². The van der Waals surface area contributed by atoms with Crippen LogP contribution in [0.1, 0.15) is 44.9 Å². The summed E-state index contributed by atoms with van der Waals surface area (Å²) in [5.41, 5.74) is 6.33. The van der Waals surface area contributed by atoms with Crippen LogP contribution in [0.4, 0.5) is 0 Å². The van der Waals surface area contributed by atoms with E-state index in [1.807, 2.05) is 0 Å². The fourth-order valence-electron chi connectivity index (χ4n) is 2.72. The van der Waals surface area contributed by atoms with Crippen molar-refractivity contribution >= 4 is 11.8 Å². The molecular weight excluding hydrogens is 178 g/mol. The van der Waals surface area contributed by atoms with E-state index in [1.54, 1.807) is 0 Å². The molecule has 1 aliphatic carbocycles. The summed E-state index contributed by atoms with van der Waals surface area (Å²) < 4.78 is 0. The molecule has 0 radical (unpaired) electrons. The van der Waals surface area contributed by atoms with E-state index in [9.17, 15) is 0 Å². The normalized spacial score (nSPS) is 33.5. The molecule has 0 aromatic rings. The molecule has 1 nitrogen and oxygen atoms in total. The van der Waals surface area contributed by atoms with E-state index in [-0.39, 0.29) is 0 Å². The second kappa shape index (κ2) is 4.70. The van der Waals surface area contributed by atoms with Gasteiger partial charge in [-0.3, -0.25) is 0 Å². The van der Waals surface area contributed by atoms with Crippen molar-refractivity contribution in [2.24, 2.45) is 11.7 Å². The second-order valence-electron chi connectivity index (χ2n) is 4.53. The minimum Gasteiger partial charge on any atom is -0.326 e. The highest BCUT2D eigenvalue weighted by Crippen LogP contribution is 2.35. The summed E-state index contributed by atoms with van der Waals surface area (Å²) in [6.07, 6.45) is 9.86. The summed E-state index contributed by atoms with van der Waals surface area (Å²) in [6, 6.07) is 0.507. The van der Waals surface area contributed by atoms with Crippen LogP contribution in [-0.2, 0) is 0 Å². The average Bonchev–Trinajstić information content (AvgIpc) is 2.71. The van der Waals surface area contributed by atoms with E-state index < -0.39 is 0 Å². The topological polar surface area (TPSA) is 26.0 Å². The van der Waals surface area contributed by atoms with Crippen molar-refractivity contribution in [1.29, 1.82) is 0 Å². The van der Waals surface area contributed by atoms with Crippen LogP contribution in [-0.4, -0.2) is 17.0 Å². The number of hydrogen-bond acceptors (Lipinski definition) is 2. The fourth-order valence-corrected chi connectivity index (χ4v) is 4.17. The van der Waals surface area contributed by atoms with Crippen LogP contribution in [0, 0.1) is 5.92 Å². The van der Waals surface area contributed by atoms with Gasteiger partial charge in [0.1, 0.15) is 0 Å². The largest absolute Gasteiger partial charge is 0.326 e. The summed E-state index contributed by atoms with van der Waals surface area (Å²) in [7, 11) is 0. The van der Waals surface area contributed by atoms with Crippen LogP contribution < -0.4 is 5.73 Å². The van der Waals surface area contributed by atoms with Gasteiger partial charge in [0, 0.05) is 11.3 Å². The summed E-state index contributed by atoms with van der Waals surface area (Å²) >= 11 is 2.13. The minimum absolute atomic E-state index is 0.507. The third-order valence-electron chi connectivity index (χ3n) is 3.59. The van der Waals surface area contributed by atoms with Crippen molar-refractivity contribution in [3.05, 3.63) is 0 Å². The smallest absolute Gasteiger partial charge is 0.0201 e. The van der Waals surface area contributed by atoms with Gasteiger partial charge in [-0.25, -0.2) is 0 Å². The van der Waals surface area contributed by atoms with Crippen LogP contribution in [0.5, 0.6) is 0 Å².